The van der Waals surface area contributed by atoms with Crippen LogP contribution < -0.4 is 4.74 Å². The summed E-state index contributed by atoms with van der Waals surface area (Å²) in [6.07, 6.45) is -4.05. The van der Waals surface area contributed by atoms with Gasteiger partial charge in [0, 0.05) is 0 Å². The topological polar surface area (TPSA) is 9.23 Å². The van der Waals surface area contributed by atoms with Crippen LogP contribution in [0.1, 0.15) is 5.56 Å². The van der Waals surface area contributed by atoms with Crippen molar-refractivity contribution in [3.63, 3.8) is 0 Å². The summed E-state index contributed by atoms with van der Waals surface area (Å²) in [5, 5.41) is 0. The lowest BCUT2D eigenvalue weighted by Crippen LogP contribution is -2.08. The molecule has 0 amide bonds. The van der Waals surface area contributed by atoms with E-state index >= 15 is 0 Å². The Kier molecular flexibility index (Phi) is 2.80. The summed E-state index contributed by atoms with van der Waals surface area (Å²) in [5.41, 5.74) is 0.0897. The van der Waals surface area contributed by atoms with Crippen molar-refractivity contribution in [1.82, 2.24) is 0 Å². The molecule has 71 valence electrons. The Bertz CT molecular complexity index is 280. The molecule has 1 radical (unpaired) electrons. The molecule has 0 saturated carbocycles. The first kappa shape index (κ1) is 9.89. The summed E-state index contributed by atoms with van der Waals surface area (Å²) in [4.78, 5) is 0. The molecule has 0 aliphatic heterocycles. The van der Waals surface area contributed by atoms with Crippen molar-refractivity contribution < 1.29 is 17.9 Å². The van der Waals surface area contributed by atoms with Gasteiger partial charge in [-0.15, -0.1) is 0 Å². The van der Waals surface area contributed by atoms with Crippen molar-refractivity contribution in [2.75, 3.05) is 7.11 Å². The third kappa shape index (κ3) is 3.36. The molecule has 1 aromatic carbocycles. The van der Waals surface area contributed by atoms with Gasteiger partial charge in [-0.05, 0) is 17.7 Å². The summed E-state index contributed by atoms with van der Waals surface area (Å²) >= 11 is 0. The Morgan fingerprint density at radius 2 is 2.00 bits per heavy atom. The maximum atomic E-state index is 11.9. The minimum Gasteiger partial charge on any atom is -0.497 e. The molecule has 0 fully saturated rings. The highest BCUT2D eigenvalue weighted by Gasteiger charge is 2.28. The SMILES string of the molecule is COc1cccc([CH]C(F)(F)F)c1. The van der Waals surface area contributed by atoms with Gasteiger partial charge in [0.2, 0.25) is 0 Å². The van der Waals surface area contributed by atoms with E-state index < -0.39 is 6.18 Å². The Morgan fingerprint density at radius 3 is 2.54 bits per heavy atom. The fourth-order valence-corrected chi connectivity index (χ4v) is 0.920. The van der Waals surface area contributed by atoms with Gasteiger partial charge in [-0.2, -0.15) is 13.2 Å². The van der Waals surface area contributed by atoms with Crippen LogP contribution in [0.2, 0.25) is 0 Å². The van der Waals surface area contributed by atoms with Crippen molar-refractivity contribution in [3.8, 4) is 5.75 Å². The van der Waals surface area contributed by atoms with Crippen molar-refractivity contribution in [1.29, 1.82) is 0 Å². The van der Waals surface area contributed by atoms with E-state index in [1.807, 2.05) is 0 Å². The molecule has 0 saturated heterocycles. The van der Waals surface area contributed by atoms with Crippen LogP contribution in [0.5, 0.6) is 5.75 Å². The predicted octanol–water partition coefficient (Wildman–Crippen LogP) is 2.81. The fourth-order valence-electron chi connectivity index (χ4n) is 0.920. The van der Waals surface area contributed by atoms with Gasteiger partial charge in [0.25, 0.3) is 0 Å². The molecule has 4 heteroatoms. The largest absolute Gasteiger partial charge is 0.497 e. The lowest BCUT2D eigenvalue weighted by Gasteiger charge is -2.06. The normalized spacial score (nSPS) is 11.4. The van der Waals surface area contributed by atoms with E-state index in [0.29, 0.717) is 5.75 Å². The van der Waals surface area contributed by atoms with Gasteiger partial charge < -0.3 is 4.74 Å². The van der Waals surface area contributed by atoms with E-state index in [9.17, 15) is 13.2 Å². The number of benzene rings is 1. The van der Waals surface area contributed by atoms with Crippen LogP contribution in [0.4, 0.5) is 13.2 Å². The number of halogens is 3. The van der Waals surface area contributed by atoms with Crippen molar-refractivity contribution in [3.05, 3.63) is 36.2 Å². The smallest absolute Gasteiger partial charge is 0.396 e. The maximum absolute atomic E-state index is 11.9. The molecule has 1 rings (SSSR count). The van der Waals surface area contributed by atoms with Gasteiger partial charge >= 0.3 is 6.18 Å². The molecule has 0 N–H and O–H groups in total. The highest BCUT2D eigenvalue weighted by Crippen LogP contribution is 2.25. The molecule has 0 spiro atoms. The standard InChI is InChI=1S/C9H8F3O/c1-13-8-4-2-3-7(5-8)6-9(10,11)12/h2-6H,1H3. The number of hydrogen-bond acceptors (Lipinski definition) is 1. The lowest BCUT2D eigenvalue weighted by molar-refractivity contribution is -0.0927. The molecule has 0 aliphatic carbocycles. The highest BCUT2D eigenvalue weighted by atomic mass is 19.4. The molecule has 0 heterocycles. The van der Waals surface area contributed by atoms with Crippen LogP contribution in [0, 0.1) is 6.42 Å². The summed E-state index contributed by atoms with van der Waals surface area (Å²) in [7, 11) is 1.41. The maximum Gasteiger partial charge on any atom is 0.396 e. The molecule has 0 unspecified atom stereocenters. The van der Waals surface area contributed by atoms with E-state index in [4.69, 9.17) is 4.74 Å². The quantitative estimate of drug-likeness (QED) is 0.695. The van der Waals surface area contributed by atoms with Gasteiger partial charge in [-0.1, -0.05) is 12.1 Å². The molecule has 13 heavy (non-hydrogen) atoms. The summed E-state index contributed by atoms with van der Waals surface area (Å²) in [5.74, 6) is 0.415. The second kappa shape index (κ2) is 3.68. The Morgan fingerprint density at radius 1 is 1.31 bits per heavy atom. The number of hydrogen-bond donors (Lipinski definition) is 0. The second-order valence-corrected chi connectivity index (χ2v) is 2.46. The number of rotatable bonds is 2. The molecule has 1 nitrogen and oxygen atoms in total. The van der Waals surface area contributed by atoms with Gasteiger partial charge in [-0.3, -0.25) is 0 Å². The molecular weight excluding hydrogens is 181 g/mol. The first-order valence-corrected chi connectivity index (χ1v) is 3.58. The third-order valence-corrected chi connectivity index (χ3v) is 1.42. The first-order chi connectivity index (χ1) is 6.01. The molecule has 0 aromatic heterocycles. The molecular formula is C9H8F3O. The average molecular weight is 189 g/mol. The van der Waals surface area contributed by atoms with E-state index in [0.717, 1.165) is 0 Å². The minimum absolute atomic E-state index is 0.0897. The van der Waals surface area contributed by atoms with E-state index in [2.05, 4.69) is 0 Å². The van der Waals surface area contributed by atoms with Crippen LogP contribution >= 0.6 is 0 Å². The zero-order valence-corrected chi connectivity index (χ0v) is 6.93. The number of ether oxygens (including phenoxy) is 1. The lowest BCUT2D eigenvalue weighted by atomic mass is 10.1. The highest BCUT2D eigenvalue weighted by molar-refractivity contribution is 5.33. The van der Waals surface area contributed by atoms with Crippen LogP contribution in [0.25, 0.3) is 0 Å². The monoisotopic (exact) mass is 189 g/mol. The van der Waals surface area contributed by atoms with Crippen LogP contribution in [-0.4, -0.2) is 13.3 Å². The van der Waals surface area contributed by atoms with Crippen molar-refractivity contribution in [2.24, 2.45) is 0 Å². The van der Waals surface area contributed by atoms with Crippen LogP contribution in [-0.2, 0) is 0 Å². The number of methoxy groups -OCH3 is 1. The van der Waals surface area contributed by atoms with Gasteiger partial charge in [0.1, 0.15) is 5.75 Å². The van der Waals surface area contributed by atoms with Gasteiger partial charge in [0.05, 0.1) is 13.5 Å². The van der Waals surface area contributed by atoms with Crippen LogP contribution in [0.15, 0.2) is 24.3 Å². The minimum atomic E-state index is -4.29. The number of alkyl halides is 3. The summed E-state index contributed by atoms with van der Waals surface area (Å²) in [6.45, 7) is 0. The summed E-state index contributed by atoms with van der Waals surface area (Å²) < 4.78 is 40.4. The molecule has 0 atom stereocenters. The zero-order valence-electron chi connectivity index (χ0n) is 6.93. The Labute approximate surface area is 74.1 Å². The van der Waals surface area contributed by atoms with Gasteiger partial charge in [0.15, 0.2) is 0 Å². The first-order valence-electron chi connectivity index (χ1n) is 3.58. The third-order valence-electron chi connectivity index (χ3n) is 1.42. The molecule has 0 aliphatic rings. The van der Waals surface area contributed by atoms with Crippen molar-refractivity contribution >= 4 is 0 Å². The second-order valence-electron chi connectivity index (χ2n) is 2.46. The van der Waals surface area contributed by atoms with Gasteiger partial charge in [-0.25, -0.2) is 0 Å². The Balaban J connectivity index is 2.78. The zero-order chi connectivity index (χ0) is 9.90. The van der Waals surface area contributed by atoms with Crippen LogP contribution in [0.3, 0.4) is 0 Å². The average Bonchev–Trinajstić information content (AvgIpc) is 2.01. The van der Waals surface area contributed by atoms with E-state index in [1.54, 1.807) is 6.07 Å². The van der Waals surface area contributed by atoms with E-state index in [-0.39, 0.29) is 12.0 Å². The fraction of sp³-hybridized carbons (Fsp3) is 0.222. The molecule has 0 bridgehead atoms. The van der Waals surface area contributed by atoms with E-state index in [1.165, 1.54) is 25.3 Å². The van der Waals surface area contributed by atoms with Crippen molar-refractivity contribution in [2.45, 2.75) is 6.18 Å². The molecule has 1 aromatic rings. The predicted molar refractivity (Wildman–Crippen MR) is 42.5 cm³/mol. The Hall–Kier alpha value is -1.19. The summed E-state index contributed by atoms with van der Waals surface area (Å²) in [6, 6.07) is 5.80.